The summed E-state index contributed by atoms with van der Waals surface area (Å²) in [5.41, 5.74) is 2.15. The summed E-state index contributed by atoms with van der Waals surface area (Å²) in [4.78, 5) is 27.4. The summed E-state index contributed by atoms with van der Waals surface area (Å²) in [5.74, 6) is 0.215. The van der Waals surface area contributed by atoms with E-state index < -0.39 is 24.2 Å². The van der Waals surface area contributed by atoms with Crippen molar-refractivity contribution in [3.05, 3.63) is 48.5 Å². The molecule has 1 saturated heterocycles. The minimum absolute atomic E-state index is 0.0836. The molecule has 32 heavy (non-hydrogen) atoms. The van der Waals surface area contributed by atoms with Crippen LogP contribution in [0.5, 0.6) is 0 Å². The molecule has 5 unspecified atom stereocenters. The molecule has 0 spiro atoms. The number of hydrogen-bond acceptors (Lipinski definition) is 8. The normalized spacial score (nSPS) is 28.0. The minimum atomic E-state index is -1.02. The molecular weight excluding hydrogens is 412 g/mol. The number of rotatable bonds is 6. The number of fused-ring (bicyclic) bond motifs is 1. The van der Waals surface area contributed by atoms with E-state index in [9.17, 15) is 20.1 Å². The maximum absolute atomic E-state index is 12.5. The highest BCUT2D eigenvalue weighted by molar-refractivity contribution is 5.84. The number of carbonyl (C=O) groups excluding carboxylic acids is 1. The van der Waals surface area contributed by atoms with Gasteiger partial charge in [-0.2, -0.15) is 0 Å². The first-order valence-electron chi connectivity index (χ1n) is 10.8. The Labute approximate surface area is 184 Å². The number of hydrogen-bond donors (Lipinski definition) is 4. The predicted molar refractivity (Wildman–Crippen MR) is 115 cm³/mol. The van der Waals surface area contributed by atoms with Crippen molar-refractivity contribution in [2.75, 3.05) is 18.5 Å². The number of aliphatic hydroxyl groups is 3. The first-order valence-corrected chi connectivity index (χ1v) is 10.8. The Morgan fingerprint density at radius 1 is 1.09 bits per heavy atom. The Hall–Kier alpha value is -3.08. The topological polar surface area (TPSA) is 137 Å². The van der Waals surface area contributed by atoms with Gasteiger partial charge in [0.2, 0.25) is 5.91 Å². The van der Waals surface area contributed by atoms with Crippen LogP contribution in [0.2, 0.25) is 0 Å². The quantitative estimate of drug-likeness (QED) is 0.432. The average Bonchev–Trinajstić information content (AvgIpc) is 3.46. The van der Waals surface area contributed by atoms with Crippen LogP contribution in [-0.4, -0.2) is 77.0 Å². The van der Waals surface area contributed by atoms with Crippen molar-refractivity contribution < 1.29 is 20.1 Å². The van der Waals surface area contributed by atoms with Crippen molar-refractivity contribution in [1.29, 1.82) is 0 Å². The standard InChI is InChI=1S/C22H26N6O4/c29-10-14-6-16(20(32)19(14)31)28-12-25-18-21(23-11-24-22(18)28)26-15-7-17(30)27(9-15)8-13-4-2-1-3-5-13/h1-5,11-12,14-16,19-20,29,31-32H,6-10H2,(H,23,24,26). The van der Waals surface area contributed by atoms with E-state index in [-0.39, 0.29) is 18.6 Å². The van der Waals surface area contributed by atoms with Crippen LogP contribution in [-0.2, 0) is 11.3 Å². The number of likely N-dealkylation sites (tertiary alicyclic amines) is 1. The molecule has 168 valence electrons. The smallest absolute Gasteiger partial charge is 0.225 e. The Morgan fingerprint density at radius 2 is 1.91 bits per heavy atom. The van der Waals surface area contributed by atoms with Gasteiger partial charge in [0.25, 0.3) is 0 Å². The zero-order valence-electron chi connectivity index (χ0n) is 17.4. The number of amides is 1. The van der Waals surface area contributed by atoms with Crippen molar-refractivity contribution >= 4 is 22.9 Å². The SMILES string of the molecule is O=C1CC(Nc2ncnc3c2ncn3C2CC(CO)C(O)C2O)CN1Cc1ccccc1. The Morgan fingerprint density at radius 3 is 2.66 bits per heavy atom. The molecule has 1 aromatic carbocycles. The molecule has 0 bridgehead atoms. The van der Waals surface area contributed by atoms with Gasteiger partial charge in [-0.05, 0) is 12.0 Å². The summed E-state index contributed by atoms with van der Waals surface area (Å²) in [5, 5.41) is 33.4. The van der Waals surface area contributed by atoms with Gasteiger partial charge in [-0.15, -0.1) is 0 Å². The molecule has 2 aromatic heterocycles. The van der Waals surface area contributed by atoms with E-state index >= 15 is 0 Å². The van der Waals surface area contributed by atoms with Gasteiger partial charge in [0.1, 0.15) is 17.9 Å². The lowest BCUT2D eigenvalue weighted by atomic mass is 10.1. The molecule has 4 N–H and O–H groups in total. The first kappa shape index (κ1) is 20.8. The number of aromatic nitrogens is 4. The number of anilines is 1. The fraction of sp³-hybridized carbons (Fsp3) is 0.455. The summed E-state index contributed by atoms with van der Waals surface area (Å²) >= 11 is 0. The van der Waals surface area contributed by atoms with E-state index in [2.05, 4.69) is 20.3 Å². The Kier molecular flexibility index (Phi) is 5.50. The fourth-order valence-electron chi connectivity index (χ4n) is 4.78. The molecule has 1 aliphatic heterocycles. The van der Waals surface area contributed by atoms with Crippen LogP contribution in [0.15, 0.2) is 43.0 Å². The van der Waals surface area contributed by atoms with Crippen molar-refractivity contribution in [3.8, 4) is 0 Å². The number of carbonyl (C=O) groups is 1. The van der Waals surface area contributed by atoms with Crippen LogP contribution in [0.1, 0.15) is 24.4 Å². The molecule has 2 fully saturated rings. The molecule has 2 aliphatic rings. The molecule has 3 aromatic rings. The summed E-state index contributed by atoms with van der Waals surface area (Å²) in [7, 11) is 0. The van der Waals surface area contributed by atoms with Gasteiger partial charge in [0.15, 0.2) is 11.5 Å². The summed E-state index contributed by atoms with van der Waals surface area (Å²) in [6.45, 7) is 0.934. The van der Waals surface area contributed by atoms with Gasteiger partial charge in [-0.1, -0.05) is 30.3 Å². The number of nitrogens with zero attached hydrogens (tertiary/aromatic N) is 5. The van der Waals surface area contributed by atoms with Crippen LogP contribution in [0.4, 0.5) is 5.82 Å². The van der Waals surface area contributed by atoms with E-state index in [4.69, 9.17) is 0 Å². The number of aliphatic hydroxyl groups excluding tert-OH is 3. The molecule has 5 rings (SSSR count). The molecule has 1 saturated carbocycles. The predicted octanol–water partition coefficient (Wildman–Crippen LogP) is 0.314. The summed E-state index contributed by atoms with van der Waals surface area (Å²) < 4.78 is 1.73. The molecule has 10 heteroatoms. The first-order chi connectivity index (χ1) is 15.5. The van der Waals surface area contributed by atoms with Gasteiger partial charge in [0, 0.05) is 32.0 Å². The van der Waals surface area contributed by atoms with E-state index in [0.29, 0.717) is 42.9 Å². The third-order valence-corrected chi connectivity index (χ3v) is 6.49. The van der Waals surface area contributed by atoms with E-state index in [1.165, 1.54) is 6.33 Å². The highest BCUT2D eigenvalue weighted by atomic mass is 16.3. The maximum Gasteiger partial charge on any atom is 0.225 e. The maximum atomic E-state index is 12.5. The minimum Gasteiger partial charge on any atom is -0.396 e. The second-order valence-electron chi connectivity index (χ2n) is 8.58. The summed E-state index contributed by atoms with van der Waals surface area (Å²) in [6.07, 6.45) is 1.76. The average molecular weight is 438 g/mol. The molecule has 5 atom stereocenters. The number of nitrogens with one attached hydrogen (secondary N) is 1. The van der Waals surface area contributed by atoms with Gasteiger partial charge in [-0.3, -0.25) is 4.79 Å². The van der Waals surface area contributed by atoms with Crippen molar-refractivity contribution in [2.24, 2.45) is 5.92 Å². The third kappa shape index (κ3) is 3.70. The molecule has 1 aliphatic carbocycles. The Balaban J connectivity index is 1.33. The lowest BCUT2D eigenvalue weighted by Crippen LogP contribution is -2.30. The lowest BCUT2D eigenvalue weighted by molar-refractivity contribution is -0.128. The molecule has 0 radical (unpaired) electrons. The highest BCUT2D eigenvalue weighted by Gasteiger charge is 2.42. The Bertz CT molecular complexity index is 1110. The van der Waals surface area contributed by atoms with Crippen LogP contribution >= 0.6 is 0 Å². The molecule has 10 nitrogen and oxygen atoms in total. The van der Waals surface area contributed by atoms with Crippen LogP contribution < -0.4 is 5.32 Å². The summed E-state index contributed by atoms with van der Waals surface area (Å²) in [6, 6.07) is 9.34. The zero-order chi connectivity index (χ0) is 22.2. The van der Waals surface area contributed by atoms with Crippen molar-refractivity contribution in [3.63, 3.8) is 0 Å². The van der Waals surface area contributed by atoms with Crippen LogP contribution in [0.25, 0.3) is 11.2 Å². The zero-order valence-corrected chi connectivity index (χ0v) is 17.4. The fourth-order valence-corrected chi connectivity index (χ4v) is 4.78. The largest absolute Gasteiger partial charge is 0.396 e. The molecular formula is C22H26N6O4. The second kappa shape index (κ2) is 8.45. The highest BCUT2D eigenvalue weighted by Crippen LogP contribution is 2.37. The molecule has 1 amide bonds. The number of benzene rings is 1. The van der Waals surface area contributed by atoms with Gasteiger partial charge in [0.05, 0.1) is 24.5 Å². The number of imidazole rings is 1. The monoisotopic (exact) mass is 438 g/mol. The lowest BCUT2D eigenvalue weighted by Gasteiger charge is -2.19. The van der Waals surface area contributed by atoms with E-state index in [1.54, 1.807) is 10.9 Å². The molecule has 3 heterocycles. The van der Waals surface area contributed by atoms with E-state index in [0.717, 1.165) is 5.56 Å². The second-order valence-corrected chi connectivity index (χ2v) is 8.58. The van der Waals surface area contributed by atoms with E-state index in [1.807, 2.05) is 35.2 Å². The van der Waals surface area contributed by atoms with Crippen molar-refractivity contribution in [2.45, 2.75) is 43.7 Å². The van der Waals surface area contributed by atoms with Gasteiger partial charge < -0.3 is 30.1 Å². The third-order valence-electron chi connectivity index (χ3n) is 6.49. The van der Waals surface area contributed by atoms with Gasteiger partial charge in [-0.25, -0.2) is 15.0 Å². The van der Waals surface area contributed by atoms with Crippen LogP contribution in [0, 0.1) is 5.92 Å². The van der Waals surface area contributed by atoms with Crippen LogP contribution in [0.3, 0.4) is 0 Å². The van der Waals surface area contributed by atoms with Crippen molar-refractivity contribution in [1.82, 2.24) is 24.4 Å². The van der Waals surface area contributed by atoms with Gasteiger partial charge >= 0.3 is 0 Å².